The fraction of sp³-hybridized carbons (Fsp3) is 0.444. The molecule has 0 N–H and O–H groups in total. The highest BCUT2D eigenvalue weighted by molar-refractivity contribution is 5.48. The van der Waals surface area contributed by atoms with Crippen molar-refractivity contribution < 1.29 is 4.74 Å². The van der Waals surface area contributed by atoms with Crippen LogP contribution in [0.25, 0.3) is 11.5 Å². The van der Waals surface area contributed by atoms with Crippen LogP contribution in [0.2, 0.25) is 0 Å². The molecule has 5 heteroatoms. The molecule has 0 saturated carbocycles. The molecule has 0 aromatic carbocycles. The molecule has 3 aliphatic rings. The molecule has 3 rings (SSSR count). The summed E-state index contributed by atoms with van der Waals surface area (Å²) >= 11 is 0. The first-order valence-electron chi connectivity index (χ1n) is 4.69. The van der Waals surface area contributed by atoms with Gasteiger partial charge in [0.05, 0.1) is 12.5 Å². The van der Waals surface area contributed by atoms with Crippen LogP contribution >= 0.6 is 0 Å². The highest BCUT2D eigenvalue weighted by atomic mass is 16.5. The maximum Gasteiger partial charge on any atom is 0.165 e. The van der Waals surface area contributed by atoms with Gasteiger partial charge in [-0.2, -0.15) is 0 Å². The Balaban J connectivity index is 2.08. The Morgan fingerprint density at radius 2 is 2.43 bits per heavy atom. The van der Waals surface area contributed by atoms with Gasteiger partial charge in [0.1, 0.15) is 18.2 Å². The van der Waals surface area contributed by atoms with E-state index in [1.165, 1.54) is 0 Å². The van der Waals surface area contributed by atoms with E-state index < -0.39 is 0 Å². The van der Waals surface area contributed by atoms with Crippen molar-refractivity contribution in [3.63, 3.8) is 0 Å². The van der Waals surface area contributed by atoms with Crippen LogP contribution in [0.1, 0.15) is 19.1 Å². The van der Waals surface area contributed by atoms with E-state index >= 15 is 0 Å². The standard InChI is InChI=1S/C9H10N4O/c1-2-8(14-3-1)13-6-10-4-7-9(13)12-5-11-7/h4-6,8H,1-3H2. The lowest BCUT2D eigenvalue weighted by atomic mass is 10.3. The highest BCUT2D eigenvalue weighted by Gasteiger charge is 2.21. The number of nitrogens with zero attached hydrogens (tertiary/aromatic N) is 4. The molecule has 0 bridgehead atoms. The van der Waals surface area contributed by atoms with Crippen LogP contribution in [0.5, 0.6) is 0 Å². The van der Waals surface area contributed by atoms with Crippen molar-refractivity contribution >= 4 is 0 Å². The van der Waals surface area contributed by atoms with Gasteiger partial charge in [-0.3, -0.25) is 4.57 Å². The van der Waals surface area contributed by atoms with E-state index in [1.54, 1.807) is 18.9 Å². The van der Waals surface area contributed by atoms with Gasteiger partial charge in [-0.25, -0.2) is 15.0 Å². The van der Waals surface area contributed by atoms with Crippen molar-refractivity contribution in [1.29, 1.82) is 0 Å². The first-order chi connectivity index (χ1) is 6.95. The number of ether oxygens (including phenoxy) is 1. The van der Waals surface area contributed by atoms with E-state index in [1.807, 2.05) is 4.57 Å². The van der Waals surface area contributed by atoms with Gasteiger partial charge in [0.2, 0.25) is 0 Å². The molecule has 0 radical (unpaired) electrons. The van der Waals surface area contributed by atoms with E-state index in [2.05, 4.69) is 15.0 Å². The van der Waals surface area contributed by atoms with Gasteiger partial charge in [0.25, 0.3) is 0 Å². The van der Waals surface area contributed by atoms with Gasteiger partial charge in [-0.1, -0.05) is 0 Å². The van der Waals surface area contributed by atoms with Crippen molar-refractivity contribution in [2.24, 2.45) is 0 Å². The SMILES string of the molecule is c1nc2cncn(C3CCCO3)c-2n1. The van der Waals surface area contributed by atoms with Crippen molar-refractivity contribution in [1.82, 2.24) is 19.5 Å². The normalized spacial score (nSPS) is 21.9. The number of rotatable bonds is 1. The van der Waals surface area contributed by atoms with E-state index in [0.29, 0.717) is 0 Å². The largest absolute Gasteiger partial charge is 0.358 e. The molecule has 0 aromatic rings. The lowest BCUT2D eigenvalue weighted by Crippen LogP contribution is -2.11. The predicted molar refractivity (Wildman–Crippen MR) is 48.7 cm³/mol. The van der Waals surface area contributed by atoms with Crippen LogP contribution in [0.3, 0.4) is 0 Å². The first kappa shape index (κ1) is 7.87. The average Bonchev–Trinajstić information content (AvgIpc) is 2.88. The third-order valence-electron chi connectivity index (χ3n) is 2.45. The summed E-state index contributed by atoms with van der Waals surface area (Å²) in [5, 5.41) is 0. The van der Waals surface area contributed by atoms with E-state index in [9.17, 15) is 0 Å². The van der Waals surface area contributed by atoms with Crippen LogP contribution in [-0.2, 0) is 4.74 Å². The molecule has 72 valence electrons. The summed E-state index contributed by atoms with van der Waals surface area (Å²) in [6, 6.07) is 0. The lowest BCUT2D eigenvalue weighted by Gasteiger charge is -2.15. The van der Waals surface area contributed by atoms with Crippen molar-refractivity contribution in [2.45, 2.75) is 19.1 Å². The molecule has 1 unspecified atom stereocenters. The molecule has 0 amide bonds. The summed E-state index contributed by atoms with van der Waals surface area (Å²) in [4.78, 5) is 12.4. The quantitative estimate of drug-likeness (QED) is 0.675. The van der Waals surface area contributed by atoms with Gasteiger partial charge in [-0.15, -0.1) is 0 Å². The third-order valence-corrected chi connectivity index (χ3v) is 2.45. The number of hydrogen-bond donors (Lipinski definition) is 0. The Morgan fingerprint density at radius 1 is 1.43 bits per heavy atom. The zero-order valence-corrected chi connectivity index (χ0v) is 7.63. The predicted octanol–water partition coefficient (Wildman–Crippen LogP) is 1.09. The van der Waals surface area contributed by atoms with Gasteiger partial charge in [0, 0.05) is 6.61 Å². The highest BCUT2D eigenvalue weighted by Crippen LogP contribution is 2.27. The minimum Gasteiger partial charge on any atom is -0.358 e. The summed E-state index contributed by atoms with van der Waals surface area (Å²) in [5.74, 6) is 0.854. The molecule has 1 fully saturated rings. The Labute approximate surface area is 81.1 Å². The molecular weight excluding hydrogens is 180 g/mol. The smallest absolute Gasteiger partial charge is 0.165 e. The Morgan fingerprint density at radius 3 is 3.29 bits per heavy atom. The lowest BCUT2D eigenvalue weighted by molar-refractivity contribution is 0.0561. The summed E-state index contributed by atoms with van der Waals surface area (Å²) in [6.07, 6.45) is 7.24. The molecule has 1 saturated heterocycles. The molecule has 1 atom stereocenters. The average molecular weight is 190 g/mol. The topological polar surface area (TPSA) is 52.8 Å². The minimum atomic E-state index is 0.0860. The van der Waals surface area contributed by atoms with Gasteiger partial charge in [0.15, 0.2) is 5.82 Å². The second-order valence-electron chi connectivity index (χ2n) is 3.35. The van der Waals surface area contributed by atoms with Gasteiger partial charge < -0.3 is 4.74 Å². The van der Waals surface area contributed by atoms with Crippen LogP contribution in [-0.4, -0.2) is 26.1 Å². The monoisotopic (exact) mass is 190 g/mol. The maximum absolute atomic E-state index is 5.57. The molecule has 3 heterocycles. The second-order valence-corrected chi connectivity index (χ2v) is 3.35. The van der Waals surface area contributed by atoms with Crippen LogP contribution in [0, 0.1) is 0 Å². The second kappa shape index (κ2) is 3.02. The van der Waals surface area contributed by atoms with E-state index in [0.717, 1.165) is 31.0 Å². The minimum absolute atomic E-state index is 0.0860. The Hall–Kier alpha value is -1.49. The summed E-state index contributed by atoms with van der Waals surface area (Å²) in [5.41, 5.74) is 0.822. The zero-order valence-electron chi connectivity index (χ0n) is 7.63. The number of hydrogen-bond acceptors (Lipinski definition) is 4. The van der Waals surface area contributed by atoms with Crippen LogP contribution < -0.4 is 0 Å². The van der Waals surface area contributed by atoms with Crippen molar-refractivity contribution in [2.75, 3.05) is 6.61 Å². The molecular formula is C9H10N4O. The van der Waals surface area contributed by atoms with Crippen LogP contribution in [0.4, 0.5) is 0 Å². The fourth-order valence-corrected chi connectivity index (χ4v) is 1.78. The molecule has 0 spiro atoms. The summed E-state index contributed by atoms with van der Waals surface area (Å²) < 4.78 is 7.53. The third kappa shape index (κ3) is 1.09. The Bertz CT molecular complexity index is 407. The van der Waals surface area contributed by atoms with Crippen LogP contribution in [0.15, 0.2) is 18.9 Å². The summed E-state index contributed by atoms with van der Waals surface area (Å²) in [7, 11) is 0. The number of fused-ring (bicyclic) bond motifs is 1. The molecule has 3 aliphatic heterocycles. The van der Waals surface area contributed by atoms with Crippen molar-refractivity contribution in [3.8, 4) is 11.5 Å². The number of aromatic nitrogens is 4. The van der Waals surface area contributed by atoms with Gasteiger partial charge in [-0.05, 0) is 12.8 Å². The summed E-state index contributed by atoms with van der Waals surface area (Å²) in [6.45, 7) is 0.822. The van der Waals surface area contributed by atoms with E-state index in [-0.39, 0.29) is 6.23 Å². The number of imidazole rings is 1. The van der Waals surface area contributed by atoms with Crippen molar-refractivity contribution in [3.05, 3.63) is 18.9 Å². The Kier molecular flexibility index (Phi) is 1.70. The van der Waals surface area contributed by atoms with E-state index in [4.69, 9.17) is 4.74 Å². The molecule has 0 aromatic heterocycles. The van der Waals surface area contributed by atoms with Gasteiger partial charge >= 0.3 is 0 Å². The zero-order chi connectivity index (χ0) is 9.38. The molecule has 5 nitrogen and oxygen atoms in total. The molecule has 0 aliphatic carbocycles. The first-order valence-corrected chi connectivity index (χ1v) is 4.69. The fourth-order valence-electron chi connectivity index (χ4n) is 1.78. The maximum atomic E-state index is 5.57. The molecule has 14 heavy (non-hydrogen) atoms.